The van der Waals surface area contributed by atoms with E-state index in [-0.39, 0.29) is 0 Å². The zero-order valence-electron chi connectivity index (χ0n) is 6.42. The third-order valence-electron chi connectivity index (χ3n) is 1.33. The van der Waals surface area contributed by atoms with Crippen LogP contribution in [-0.4, -0.2) is 8.42 Å². The predicted molar refractivity (Wildman–Crippen MR) is 43.3 cm³/mol. The normalized spacial score (nSPS) is 10.5. The van der Waals surface area contributed by atoms with Gasteiger partial charge in [0.2, 0.25) is 0 Å². The Hall–Kier alpha value is -0.830. The molecule has 1 radical (unpaired) electrons. The van der Waals surface area contributed by atoms with E-state index in [1.807, 2.05) is 13.8 Å². The summed E-state index contributed by atoms with van der Waals surface area (Å²) in [6.07, 6.45) is 0. The lowest BCUT2D eigenvalue weighted by Crippen LogP contribution is -1.84. The maximum Gasteiger partial charge on any atom is 0.168 e. The van der Waals surface area contributed by atoms with Gasteiger partial charge in [0, 0.05) is 0 Å². The molecule has 59 valence electrons. The molecule has 0 saturated carbocycles. The van der Waals surface area contributed by atoms with E-state index in [0.717, 1.165) is 11.1 Å². The first-order valence-electron chi connectivity index (χ1n) is 3.24. The van der Waals surface area contributed by atoms with Crippen LogP contribution >= 0.6 is 0 Å². The van der Waals surface area contributed by atoms with Crippen LogP contribution in [0.1, 0.15) is 11.1 Å². The van der Waals surface area contributed by atoms with Crippen LogP contribution in [0.5, 0.6) is 0 Å². The zero-order valence-corrected chi connectivity index (χ0v) is 7.31. The Balaban J connectivity index is 3.29. The van der Waals surface area contributed by atoms with Gasteiger partial charge in [-0.15, -0.1) is 0 Å². The van der Waals surface area contributed by atoms with E-state index in [1.54, 1.807) is 12.1 Å². The third-order valence-corrected chi connectivity index (χ3v) is 2.01. The van der Waals surface area contributed by atoms with Crippen molar-refractivity contribution in [1.82, 2.24) is 0 Å². The van der Waals surface area contributed by atoms with Crippen LogP contribution in [-0.2, 0) is 10.7 Å². The molecule has 1 aromatic rings. The van der Waals surface area contributed by atoms with Crippen molar-refractivity contribution < 1.29 is 8.42 Å². The summed E-state index contributed by atoms with van der Waals surface area (Å²) < 4.78 is 21.1. The monoisotopic (exact) mass is 169 g/mol. The molecule has 3 heteroatoms. The van der Waals surface area contributed by atoms with Gasteiger partial charge >= 0.3 is 0 Å². The molecule has 0 saturated heterocycles. The van der Waals surface area contributed by atoms with E-state index < -0.39 is 10.7 Å². The van der Waals surface area contributed by atoms with Crippen molar-refractivity contribution >= 4 is 10.7 Å². The van der Waals surface area contributed by atoms with Crippen LogP contribution in [0.15, 0.2) is 17.0 Å². The predicted octanol–water partition coefficient (Wildman–Crippen LogP) is 1.07. The van der Waals surface area contributed by atoms with E-state index in [9.17, 15) is 8.42 Å². The summed E-state index contributed by atoms with van der Waals surface area (Å²) in [5.41, 5.74) is 1.72. The van der Waals surface area contributed by atoms with Crippen LogP contribution in [0.25, 0.3) is 0 Å². The van der Waals surface area contributed by atoms with Gasteiger partial charge in [-0.1, -0.05) is 0 Å². The van der Waals surface area contributed by atoms with Crippen LogP contribution in [0.3, 0.4) is 0 Å². The molecule has 0 heterocycles. The Bertz CT molecular complexity index is 312. The molecule has 0 N–H and O–H groups in total. The van der Waals surface area contributed by atoms with Gasteiger partial charge in [-0.2, -0.15) is 0 Å². The molecular formula is C8H9O2S. The smallest absolute Gasteiger partial charge is 0.168 e. The third kappa shape index (κ3) is 2.05. The van der Waals surface area contributed by atoms with E-state index in [0.29, 0.717) is 4.90 Å². The molecule has 0 aromatic heterocycles. The molecule has 0 fully saturated rings. The van der Waals surface area contributed by atoms with E-state index in [1.165, 1.54) is 0 Å². The van der Waals surface area contributed by atoms with Crippen molar-refractivity contribution in [2.24, 2.45) is 0 Å². The molecule has 0 amide bonds. The fraction of sp³-hybridized carbons (Fsp3) is 0.250. The summed E-state index contributed by atoms with van der Waals surface area (Å²) in [7, 11) is -2.45. The van der Waals surface area contributed by atoms with Gasteiger partial charge in [0.05, 0.1) is 4.90 Å². The largest absolute Gasteiger partial charge is 0.227 e. The summed E-state index contributed by atoms with van der Waals surface area (Å²) >= 11 is 0. The Morgan fingerprint density at radius 3 is 2.00 bits per heavy atom. The number of hydrogen-bond acceptors (Lipinski definition) is 2. The Labute approximate surface area is 67.8 Å². The van der Waals surface area contributed by atoms with E-state index in [2.05, 4.69) is 6.07 Å². The molecule has 1 aromatic carbocycles. The Morgan fingerprint density at radius 2 is 1.64 bits per heavy atom. The molecule has 11 heavy (non-hydrogen) atoms. The molecule has 1 rings (SSSR count). The number of benzene rings is 1. The molecule has 0 aliphatic heterocycles. The number of thiol groups is 1. The number of rotatable bonds is 1. The van der Waals surface area contributed by atoms with Gasteiger partial charge < -0.3 is 0 Å². The molecular weight excluding hydrogens is 160 g/mol. The first-order valence-corrected chi connectivity index (χ1v) is 4.42. The summed E-state index contributed by atoms with van der Waals surface area (Å²) in [6, 6.07) is 6.22. The minimum atomic E-state index is -2.45. The van der Waals surface area contributed by atoms with Crippen molar-refractivity contribution in [3.63, 3.8) is 0 Å². The van der Waals surface area contributed by atoms with Crippen molar-refractivity contribution in [3.8, 4) is 0 Å². The molecule has 0 atom stereocenters. The van der Waals surface area contributed by atoms with E-state index in [4.69, 9.17) is 0 Å². The summed E-state index contributed by atoms with van der Waals surface area (Å²) in [4.78, 5) is 0.369. The quantitative estimate of drug-likeness (QED) is 0.638. The first kappa shape index (κ1) is 8.27. The molecule has 0 aliphatic carbocycles. The van der Waals surface area contributed by atoms with Crippen LogP contribution in [0, 0.1) is 19.9 Å². The van der Waals surface area contributed by atoms with Crippen molar-refractivity contribution in [1.29, 1.82) is 0 Å². The highest BCUT2D eigenvalue weighted by Crippen LogP contribution is 2.08. The zero-order chi connectivity index (χ0) is 8.43. The molecule has 0 aliphatic rings. The fourth-order valence-corrected chi connectivity index (χ4v) is 1.57. The second-order valence-electron chi connectivity index (χ2n) is 2.46. The Morgan fingerprint density at radius 1 is 1.18 bits per heavy atom. The topological polar surface area (TPSA) is 34.1 Å². The standard InChI is InChI=1S/C8H9O2S/c1-6-3-7(2)5-8(4-6)11(9)10/h4-5,11H,1-2H3. The number of hydrogen-bond donors (Lipinski definition) is 1. The van der Waals surface area contributed by atoms with Gasteiger partial charge in [0.1, 0.15) is 0 Å². The highest BCUT2D eigenvalue weighted by molar-refractivity contribution is 7.72. The van der Waals surface area contributed by atoms with Crippen molar-refractivity contribution in [3.05, 3.63) is 29.3 Å². The van der Waals surface area contributed by atoms with Crippen LogP contribution in [0.4, 0.5) is 0 Å². The lowest BCUT2D eigenvalue weighted by molar-refractivity contribution is 0.614. The summed E-state index contributed by atoms with van der Waals surface area (Å²) in [6.45, 7) is 3.66. The van der Waals surface area contributed by atoms with Gasteiger partial charge in [-0.25, -0.2) is 8.42 Å². The summed E-state index contributed by atoms with van der Waals surface area (Å²) in [5, 5.41) is 0. The highest BCUT2D eigenvalue weighted by atomic mass is 32.2. The minimum absolute atomic E-state index is 0.369. The Kier molecular flexibility index (Phi) is 2.29. The SMILES string of the molecule is Cc1[c]c(C)cc([SH](=O)=O)c1. The maximum atomic E-state index is 10.5. The van der Waals surface area contributed by atoms with Crippen LogP contribution < -0.4 is 0 Å². The van der Waals surface area contributed by atoms with Crippen molar-refractivity contribution in [2.45, 2.75) is 18.7 Å². The summed E-state index contributed by atoms with van der Waals surface area (Å²) in [5.74, 6) is 0. The average molecular weight is 169 g/mol. The molecule has 2 nitrogen and oxygen atoms in total. The fourth-order valence-electron chi connectivity index (χ4n) is 0.974. The molecule has 0 unspecified atom stereocenters. The van der Waals surface area contributed by atoms with Crippen LogP contribution in [0.2, 0.25) is 0 Å². The second-order valence-corrected chi connectivity index (χ2v) is 3.49. The van der Waals surface area contributed by atoms with Gasteiger partial charge in [-0.05, 0) is 43.2 Å². The molecule has 0 spiro atoms. The van der Waals surface area contributed by atoms with Gasteiger partial charge in [0.15, 0.2) is 10.7 Å². The molecule has 0 bridgehead atoms. The lowest BCUT2D eigenvalue weighted by atomic mass is 10.2. The lowest BCUT2D eigenvalue weighted by Gasteiger charge is -1.95. The van der Waals surface area contributed by atoms with Gasteiger partial charge in [0.25, 0.3) is 0 Å². The van der Waals surface area contributed by atoms with Crippen molar-refractivity contribution in [2.75, 3.05) is 0 Å². The minimum Gasteiger partial charge on any atom is -0.227 e. The maximum absolute atomic E-state index is 10.5. The second kappa shape index (κ2) is 3.05. The number of aryl methyl sites for hydroxylation is 2. The van der Waals surface area contributed by atoms with E-state index >= 15 is 0 Å². The van der Waals surface area contributed by atoms with Gasteiger partial charge in [-0.3, -0.25) is 0 Å². The first-order chi connectivity index (χ1) is 5.09. The highest BCUT2D eigenvalue weighted by Gasteiger charge is 1.96. The average Bonchev–Trinajstić information content (AvgIpc) is 1.85.